The summed E-state index contributed by atoms with van der Waals surface area (Å²) in [7, 11) is 0. The summed E-state index contributed by atoms with van der Waals surface area (Å²) >= 11 is 0. The number of benzene rings is 2. The fourth-order valence-electron chi connectivity index (χ4n) is 3.17. The monoisotopic (exact) mass is 452 g/mol. The number of alkyl halides is 3. The van der Waals surface area contributed by atoms with Crippen LogP contribution in [0, 0.1) is 10.1 Å². The van der Waals surface area contributed by atoms with E-state index in [9.17, 15) is 28.1 Å². The second-order valence-electron chi connectivity index (χ2n) is 6.98. The number of non-ortho nitro benzene ring substituents is 1. The van der Waals surface area contributed by atoms with Gasteiger partial charge in [-0.15, -0.1) is 0 Å². The van der Waals surface area contributed by atoms with Gasteiger partial charge in [0.15, 0.2) is 0 Å². The number of anilines is 1. The predicted octanol–water partition coefficient (Wildman–Crippen LogP) is 5.58. The number of hydrogen-bond donors (Lipinski definition) is 1. The van der Waals surface area contributed by atoms with E-state index in [1.807, 2.05) is 0 Å². The summed E-state index contributed by atoms with van der Waals surface area (Å²) in [6.45, 7) is 0. The Morgan fingerprint density at radius 2 is 1.73 bits per heavy atom. The van der Waals surface area contributed by atoms with Crippen LogP contribution in [0.15, 0.2) is 79.0 Å². The number of carbonyl (C=O) groups is 1. The Kier molecular flexibility index (Phi) is 5.65. The molecular weight excluding hydrogens is 437 g/mol. The highest BCUT2D eigenvalue weighted by atomic mass is 19.4. The molecule has 10 heteroatoms. The van der Waals surface area contributed by atoms with Gasteiger partial charge in [-0.25, -0.2) is 4.98 Å². The van der Waals surface area contributed by atoms with Gasteiger partial charge in [-0.1, -0.05) is 18.2 Å². The average Bonchev–Trinajstić information content (AvgIpc) is 3.16. The van der Waals surface area contributed by atoms with E-state index in [-0.39, 0.29) is 5.69 Å². The molecule has 2 aromatic heterocycles. The van der Waals surface area contributed by atoms with Crippen molar-refractivity contribution in [2.75, 3.05) is 5.32 Å². The number of rotatable bonds is 5. The van der Waals surface area contributed by atoms with Crippen LogP contribution in [0.5, 0.6) is 0 Å². The van der Waals surface area contributed by atoms with Gasteiger partial charge in [0.1, 0.15) is 17.2 Å². The number of carbonyl (C=O) groups excluding carboxylic acids is 1. The van der Waals surface area contributed by atoms with Crippen LogP contribution in [0.1, 0.15) is 11.1 Å². The van der Waals surface area contributed by atoms with Crippen molar-refractivity contribution in [3.63, 3.8) is 0 Å². The van der Waals surface area contributed by atoms with Crippen LogP contribution in [0.2, 0.25) is 0 Å². The van der Waals surface area contributed by atoms with Crippen molar-refractivity contribution in [1.29, 1.82) is 0 Å². The number of halogens is 3. The van der Waals surface area contributed by atoms with E-state index in [1.165, 1.54) is 48.6 Å². The highest BCUT2D eigenvalue weighted by Gasteiger charge is 2.30. The van der Waals surface area contributed by atoms with Crippen LogP contribution in [0.3, 0.4) is 0 Å². The lowest BCUT2D eigenvalue weighted by Gasteiger charge is -2.08. The summed E-state index contributed by atoms with van der Waals surface area (Å²) in [5, 5.41) is 13.5. The standard InChI is InChI=1S/C23H15F3N4O3/c24-23(25,26)17-9-7-16(8-10-17)21-22(29-14-2-1-3-19(29)27-21)28-20(31)13-6-15-4-11-18(12-5-15)30(32)33/h1-14H,(H,28,31)/b13-6+. The van der Waals surface area contributed by atoms with E-state index in [2.05, 4.69) is 10.3 Å². The predicted molar refractivity (Wildman–Crippen MR) is 116 cm³/mol. The largest absolute Gasteiger partial charge is 0.416 e. The van der Waals surface area contributed by atoms with Crippen molar-refractivity contribution in [2.45, 2.75) is 6.18 Å². The molecule has 166 valence electrons. The zero-order valence-corrected chi connectivity index (χ0v) is 16.8. The fourth-order valence-corrected chi connectivity index (χ4v) is 3.17. The second-order valence-corrected chi connectivity index (χ2v) is 6.98. The van der Waals surface area contributed by atoms with E-state index >= 15 is 0 Å². The van der Waals surface area contributed by atoms with E-state index in [4.69, 9.17) is 0 Å². The van der Waals surface area contributed by atoms with Crippen molar-refractivity contribution >= 4 is 29.1 Å². The summed E-state index contributed by atoms with van der Waals surface area (Å²) in [6, 6.07) is 15.4. The maximum Gasteiger partial charge on any atom is 0.416 e. The summed E-state index contributed by atoms with van der Waals surface area (Å²) in [5.74, 6) is -0.212. The molecule has 0 unspecified atom stereocenters. The summed E-state index contributed by atoms with van der Waals surface area (Å²) in [4.78, 5) is 27.2. The highest BCUT2D eigenvalue weighted by molar-refractivity contribution is 6.03. The molecular formula is C23H15F3N4O3. The first kappa shape index (κ1) is 21.8. The van der Waals surface area contributed by atoms with Crippen LogP contribution in [-0.2, 0) is 11.0 Å². The molecule has 0 aliphatic rings. The molecule has 0 aliphatic carbocycles. The number of imidazole rings is 1. The third-order valence-corrected chi connectivity index (χ3v) is 4.79. The smallest absolute Gasteiger partial charge is 0.306 e. The third-order valence-electron chi connectivity index (χ3n) is 4.79. The Labute approximate surface area is 185 Å². The molecule has 0 aliphatic heterocycles. The van der Waals surface area contributed by atoms with Gasteiger partial charge in [0.2, 0.25) is 5.91 Å². The van der Waals surface area contributed by atoms with Crippen molar-refractivity contribution in [2.24, 2.45) is 0 Å². The Morgan fingerprint density at radius 1 is 1.03 bits per heavy atom. The first-order valence-corrected chi connectivity index (χ1v) is 9.60. The van der Waals surface area contributed by atoms with Crippen molar-refractivity contribution < 1.29 is 22.9 Å². The third kappa shape index (κ3) is 4.74. The van der Waals surface area contributed by atoms with Crippen molar-refractivity contribution in [1.82, 2.24) is 9.38 Å². The maximum absolute atomic E-state index is 12.9. The van der Waals surface area contributed by atoms with Crippen LogP contribution >= 0.6 is 0 Å². The first-order valence-electron chi connectivity index (χ1n) is 9.60. The second kappa shape index (κ2) is 8.58. The zero-order valence-electron chi connectivity index (χ0n) is 16.8. The quantitative estimate of drug-likeness (QED) is 0.243. The van der Waals surface area contributed by atoms with Crippen LogP contribution in [-0.4, -0.2) is 20.2 Å². The molecule has 0 saturated heterocycles. The number of fused-ring (bicyclic) bond motifs is 1. The molecule has 2 heterocycles. The van der Waals surface area contributed by atoms with Gasteiger partial charge < -0.3 is 5.32 Å². The molecule has 0 radical (unpaired) electrons. The molecule has 0 bridgehead atoms. The van der Waals surface area contributed by atoms with E-state index in [1.54, 1.807) is 28.8 Å². The number of hydrogen-bond acceptors (Lipinski definition) is 4. The molecule has 4 aromatic rings. The summed E-state index contributed by atoms with van der Waals surface area (Å²) < 4.78 is 40.3. The van der Waals surface area contributed by atoms with Gasteiger partial charge in [0.05, 0.1) is 10.5 Å². The number of amides is 1. The van der Waals surface area contributed by atoms with E-state index < -0.39 is 22.6 Å². The van der Waals surface area contributed by atoms with Gasteiger partial charge in [-0.2, -0.15) is 13.2 Å². The zero-order chi connectivity index (χ0) is 23.6. The van der Waals surface area contributed by atoms with E-state index in [0.29, 0.717) is 28.3 Å². The summed E-state index contributed by atoms with van der Waals surface area (Å²) in [5.41, 5.74) is 0.947. The minimum absolute atomic E-state index is 0.0662. The van der Waals surface area contributed by atoms with Gasteiger partial charge in [-0.3, -0.25) is 19.3 Å². The van der Waals surface area contributed by atoms with Crippen LogP contribution in [0.4, 0.5) is 24.7 Å². The Morgan fingerprint density at radius 3 is 2.36 bits per heavy atom. The number of aromatic nitrogens is 2. The lowest BCUT2D eigenvalue weighted by atomic mass is 10.1. The molecule has 2 aromatic carbocycles. The minimum atomic E-state index is -4.46. The molecule has 1 N–H and O–H groups in total. The number of nitro benzene ring substituents is 1. The number of pyridine rings is 1. The van der Waals surface area contributed by atoms with Crippen molar-refractivity contribution in [3.8, 4) is 11.3 Å². The molecule has 4 rings (SSSR count). The van der Waals surface area contributed by atoms with Crippen LogP contribution in [0.25, 0.3) is 23.0 Å². The lowest BCUT2D eigenvalue weighted by molar-refractivity contribution is -0.384. The van der Waals surface area contributed by atoms with E-state index in [0.717, 1.165) is 12.1 Å². The minimum Gasteiger partial charge on any atom is -0.306 e. The SMILES string of the molecule is O=C(/C=C/c1ccc([N+](=O)[O-])cc1)Nc1c(-c2ccc(C(F)(F)F)cc2)nc2ccccn12. The molecule has 0 fully saturated rings. The van der Waals surface area contributed by atoms with Gasteiger partial charge in [0.25, 0.3) is 5.69 Å². The first-order chi connectivity index (χ1) is 15.7. The number of nitrogens with one attached hydrogen (secondary N) is 1. The molecule has 0 atom stereocenters. The normalized spacial score (nSPS) is 11.7. The Hall–Kier alpha value is -4.47. The lowest BCUT2D eigenvalue weighted by Crippen LogP contribution is -2.10. The average molecular weight is 452 g/mol. The molecule has 0 spiro atoms. The Bertz CT molecular complexity index is 1360. The number of nitro groups is 1. The molecule has 7 nitrogen and oxygen atoms in total. The van der Waals surface area contributed by atoms with Crippen molar-refractivity contribution in [3.05, 3.63) is 100 Å². The highest BCUT2D eigenvalue weighted by Crippen LogP contribution is 2.33. The van der Waals surface area contributed by atoms with Gasteiger partial charge >= 0.3 is 6.18 Å². The van der Waals surface area contributed by atoms with Gasteiger partial charge in [0, 0.05) is 30.0 Å². The maximum atomic E-state index is 12.9. The molecule has 1 amide bonds. The van der Waals surface area contributed by atoms with Crippen LogP contribution < -0.4 is 5.32 Å². The fraction of sp³-hybridized carbons (Fsp3) is 0.0435. The Balaban J connectivity index is 1.63. The molecule has 33 heavy (non-hydrogen) atoms. The molecule has 0 saturated carbocycles. The summed E-state index contributed by atoms with van der Waals surface area (Å²) in [6.07, 6.45) is -0.0527. The number of nitrogens with zero attached hydrogens (tertiary/aromatic N) is 3. The topological polar surface area (TPSA) is 89.5 Å². The van der Waals surface area contributed by atoms with Gasteiger partial charge in [-0.05, 0) is 48.0 Å².